The van der Waals surface area contributed by atoms with Crippen LogP contribution in [0, 0.1) is 0 Å². The first-order chi connectivity index (χ1) is 5.66. The Morgan fingerprint density at radius 2 is 1.50 bits per heavy atom. The van der Waals surface area contributed by atoms with Gasteiger partial charge in [-0.15, -0.1) is 12.6 Å². The van der Waals surface area contributed by atoms with Crippen LogP contribution in [0.5, 0.6) is 0 Å². The minimum Gasteiger partial charge on any atom is -0.142 e. The molecule has 0 saturated heterocycles. The second-order valence-corrected chi connectivity index (χ2v) is 2.45. The van der Waals surface area contributed by atoms with Crippen LogP contribution in [0.25, 0.3) is 0 Å². The molecule has 4 heteroatoms. The maximum Gasteiger partial charge on any atom is 0.425 e. The van der Waals surface area contributed by atoms with Gasteiger partial charge in [0, 0.05) is 0 Å². The normalized spacial score (nSPS) is 8.08. The van der Waals surface area contributed by atoms with Gasteiger partial charge in [0.05, 0.1) is 0 Å². The molecule has 0 fully saturated rings. The van der Waals surface area contributed by atoms with Crippen molar-refractivity contribution in [3.63, 3.8) is 0 Å². The van der Waals surface area contributed by atoms with E-state index in [4.69, 9.17) is 12.6 Å². The third kappa shape index (κ3) is 6.95. The number of aryl methyl sites for hydroxylation is 1. The topological polar surface area (TPSA) is 51.2 Å². The van der Waals surface area contributed by atoms with E-state index in [1.165, 1.54) is 5.56 Å². The van der Waals surface area contributed by atoms with Gasteiger partial charge in [0.25, 0.3) is 0 Å². The summed E-state index contributed by atoms with van der Waals surface area (Å²) in [7, 11) is -3.11. The van der Waals surface area contributed by atoms with Crippen LogP contribution in [0.15, 0.2) is 30.3 Å². The fourth-order valence-electron chi connectivity index (χ4n) is 0.714. The van der Waals surface area contributed by atoms with E-state index in [-0.39, 0.29) is 0 Å². The molecule has 0 aromatic heterocycles. The van der Waals surface area contributed by atoms with E-state index in [1.807, 2.05) is 6.07 Å². The van der Waals surface area contributed by atoms with Crippen molar-refractivity contribution in [2.75, 3.05) is 0 Å². The van der Waals surface area contributed by atoms with Crippen molar-refractivity contribution in [1.29, 1.82) is 0 Å². The SMILES string of the molecule is CCc1ccccc1.O=S(=O)=O. The zero-order valence-electron chi connectivity index (χ0n) is 6.73. The van der Waals surface area contributed by atoms with Crippen molar-refractivity contribution in [2.45, 2.75) is 13.3 Å². The maximum absolute atomic E-state index is 8.44. The van der Waals surface area contributed by atoms with Gasteiger partial charge in [0.1, 0.15) is 0 Å². The van der Waals surface area contributed by atoms with Crippen LogP contribution in [0.4, 0.5) is 0 Å². The average molecular weight is 186 g/mol. The van der Waals surface area contributed by atoms with E-state index < -0.39 is 10.6 Å². The molecule has 0 aliphatic carbocycles. The van der Waals surface area contributed by atoms with E-state index in [0.717, 1.165) is 6.42 Å². The van der Waals surface area contributed by atoms with E-state index in [2.05, 4.69) is 31.2 Å². The Labute approximate surface area is 73.1 Å². The third-order valence-corrected chi connectivity index (χ3v) is 1.25. The molecule has 0 amide bonds. The average Bonchev–Trinajstić information content (AvgIpc) is 2.05. The summed E-state index contributed by atoms with van der Waals surface area (Å²) < 4.78 is 25.3. The zero-order chi connectivity index (χ0) is 9.40. The molecule has 1 aromatic rings. The number of benzene rings is 1. The van der Waals surface area contributed by atoms with Crippen molar-refractivity contribution in [1.82, 2.24) is 0 Å². The molecule has 0 aliphatic rings. The van der Waals surface area contributed by atoms with Crippen molar-refractivity contribution in [3.8, 4) is 0 Å². The molecule has 0 N–H and O–H groups in total. The van der Waals surface area contributed by atoms with Crippen molar-refractivity contribution >= 4 is 10.6 Å². The molecule has 12 heavy (non-hydrogen) atoms. The van der Waals surface area contributed by atoms with Crippen LogP contribution in [0.2, 0.25) is 0 Å². The molecule has 0 aliphatic heterocycles. The van der Waals surface area contributed by atoms with Gasteiger partial charge in [-0.25, -0.2) is 0 Å². The van der Waals surface area contributed by atoms with Gasteiger partial charge in [-0.3, -0.25) is 0 Å². The number of rotatable bonds is 1. The molecule has 0 heterocycles. The summed E-state index contributed by atoms with van der Waals surface area (Å²) in [6.07, 6.45) is 1.14. The molecule has 1 rings (SSSR count). The molecular formula is C8H10O3S. The Morgan fingerprint density at radius 3 is 1.75 bits per heavy atom. The van der Waals surface area contributed by atoms with Gasteiger partial charge < -0.3 is 0 Å². The molecule has 0 saturated carbocycles. The smallest absolute Gasteiger partial charge is 0.142 e. The van der Waals surface area contributed by atoms with Crippen LogP contribution < -0.4 is 0 Å². The highest BCUT2D eigenvalue weighted by Crippen LogP contribution is 1.96. The molecule has 0 radical (unpaired) electrons. The van der Waals surface area contributed by atoms with Crippen molar-refractivity contribution in [3.05, 3.63) is 35.9 Å². The Morgan fingerprint density at radius 1 is 1.08 bits per heavy atom. The first kappa shape index (κ1) is 10.8. The first-order valence-corrected chi connectivity index (χ1v) is 4.47. The second-order valence-electron chi connectivity index (χ2n) is 2.04. The molecule has 0 bridgehead atoms. The van der Waals surface area contributed by atoms with E-state index >= 15 is 0 Å². The van der Waals surface area contributed by atoms with Gasteiger partial charge in [0.2, 0.25) is 0 Å². The van der Waals surface area contributed by atoms with Crippen LogP contribution in [0.3, 0.4) is 0 Å². The third-order valence-electron chi connectivity index (χ3n) is 1.25. The van der Waals surface area contributed by atoms with Gasteiger partial charge in [-0.05, 0) is 12.0 Å². The highest BCUT2D eigenvalue weighted by atomic mass is 32.2. The monoisotopic (exact) mass is 186 g/mol. The van der Waals surface area contributed by atoms with E-state index in [9.17, 15) is 0 Å². The molecule has 3 nitrogen and oxygen atoms in total. The summed E-state index contributed by atoms with van der Waals surface area (Å²) in [6, 6.07) is 10.5. The quantitative estimate of drug-likeness (QED) is 0.663. The lowest BCUT2D eigenvalue weighted by atomic mass is 10.2. The maximum atomic E-state index is 8.44. The second kappa shape index (κ2) is 6.54. The highest BCUT2D eigenvalue weighted by Gasteiger charge is 1.79. The van der Waals surface area contributed by atoms with Crippen molar-refractivity contribution < 1.29 is 12.6 Å². The van der Waals surface area contributed by atoms with Crippen LogP contribution in [-0.4, -0.2) is 12.6 Å². The zero-order valence-corrected chi connectivity index (χ0v) is 7.54. The van der Waals surface area contributed by atoms with E-state index in [0.29, 0.717) is 0 Å². The number of hydrogen-bond acceptors (Lipinski definition) is 3. The minimum atomic E-state index is -3.11. The predicted octanol–water partition coefficient (Wildman–Crippen LogP) is 1.24. The lowest BCUT2D eigenvalue weighted by Gasteiger charge is -1.89. The minimum absolute atomic E-state index is 1.14. The van der Waals surface area contributed by atoms with Gasteiger partial charge >= 0.3 is 10.6 Å². The lowest BCUT2D eigenvalue weighted by molar-refractivity contribution is 0.559. The summed E-state index contributed by atoms with van der Waals surface area (Å²) in [5.41, 5.74) is 1.41. The van der Waals surface area contributed by atoms with Crippen LogP contribution in [-0.2, 0) is 17.0 Å². The predicted molar refractivity (Wildman–Crippen MR) is 45.5 cm³/mol. The largest absolute Gasteiger partial charge is 0.425 e. The summed E-state index contributed by atoms with van der Waals surface area (Å²) in [5, 5.41) is 0. The summed E-state index contributed by atoms with van der Waals surface area (Å²) in [6.45, 7) is 2.16. The Hall–Kier alpha value is -1.16. The molecule has 0 atom stereocenters. The Kier molecular flexibility index (Phi) is 5.91. The van der Waals surface area contributed by atoms with Gasteiger partial charge in [0.15, 0.2) is 0 Å². The Bertz CT molecular complexity index is 294. The standard InChI is InChI=1S/C8H10.O3S/c1-2-8-6-4-3-5-7-8;1-4(2)3/h3-7H,2H2,1H3;. The fourth-order valence-corrected chi connectivity index (χ4v) is 0.714. The van der Waals surface area contributed by atoms with Crippen LogP contribution in [0.1, 0.15) is 12.5 Å². The highest BCUT2D eigenvalue weighted by molar-refractivity contribution is 7.59. The molecular weight excluding hydrogens is 176 g/mol. The van der Waals surface area contributed by atoms with E-state index in [1.54, 1.807) is 0 Å². The summed E-state index contributed by atoms with van der Waals surface area (Å²) in [5.74, 6) is 0. The van der Waals surface area contributed by atoms with Gasteiger partial charge in [-0.1, -0.05) is 37.3 Å². The number of hydrogen-bond donors (Lipinski definition) is 0. The Balaban J connectivity index is 0.000000261. The lowest BCUT2D eigenvalue weighted by Crippen LogP contribution is -1.73. The summed E-state index contributed by atoms with van der Waals surface area (Å²) in [4.78, 5) is 0. The molecule has 1 aromatic carbocycles. The van der Waals surface area contributed by atoms with Gasteiger partial charge in [-0.2, -0.15) is 0 Å². The summed E-state index contributed by atoms with van der Waals surface area (Å²) >= 11 is 0. The first-order valence-electron chi connectivity index (χ1n) is 3.47. The molecule has 0 unspecified atom stereocenters. The molecule has 66 valence electrons. The van der Waals surface area contributed by atoms with Crippen LogP contribution >= 0.6 is 0 Å². The molecule has 0 spiro atoms. The van der Waals surface area contributed by atoms with Crippen molar-refractivity contribution in [2.24, 2.45) is 0 Å². The fraction of sp³-hybridized carbons (Fsp3) is 0.250.